The van der Waals surface area contributed by atoms with Crippen molar-refractivity contribution in [2.45, 2.75) is 24.9 Å². The Labute approximate surface area is 154 Å². The van der Waals surface area contributed by atoms with E-state index in [9.17, 15) is 4.79 Å². The predicted octanol–water partition coefficient (Wildman–Crippen LogP) is 3.53. The molecule has 1 N–H and O–H groups in total. The number of amides is 1. The van der Waals surface area contributed by atoms with Crippen LogP contribution in [-0.4, -0.2) is 27.1 Å². The van der Waals surface area contributed by atoms with E-state index in [2.05, 4.69) is 15.6 Å². The van der Waals surface area contributed by atoms with E-state index in [4.69, 9.17) is 16.1 Å². The first-order valence-corrected chi connectivity index (χ1v) is 9.21. The largest absolute Gasteiger partial charge is 0.361 e. The zero-order valence-corrected chi connectivity index (χ0v) is 15.4. The molecule has 0 aliphatic carbocycles. The Kier molecular flexibility index (Phi) is 5.45. The Morgan fingerprint density at radius 3 is 2.76 bits per heavy atom. The van der Waals surface area contributed by atoms with Crippen molar-refractivity contribution in [2.75, 3.05) is 6.26 Å². The maximum absolute atomic E-state index is 12.5. The van der Waals surface area contributed by atoms with Gasteiger partial charge in [-0.15, -0.1) is 11.8 Å². The molecular weight excluding hydrogens is 360 g/mol. The number of hydrogen-bond acceptors (Lipinski definition) is 5. The molecule has 0 saturated heterocycles. The summed E-state index contributed by atoms with van der Waals surface area (Å²) in [5, 5.41) is 11.4. The molecule has 0 fully saturated rings. The fraction of sp³-hybridized carbons (Fsp3) is 0.235. The van der Waals surface area contributed by atoms with Crippen molar-refractivity contribution in [3.8, 4) is 0 Å². The molecule has 0 bridgehead atoms. The zero-order chi connectivity index (χ0) is 17.8. The van der Waals surface area contributed by atoms with Crippen LogP contribution in [0.3, 0.4) is 0 Å². The molecule has 0 unspecified atom stereocenters. The number of aryl methyl sites for hydroxylation is 1. The maximum atomic E-state index is 12.5. The van der Waals surface area contributed by atoms with E-state index in [1.165, 1.54) is 4.90 Å². The lowest BCUT2D eigenvalue weighted by Crippen LogP contribution is -2.24. The summed E-state index contributed by atoms with van der Waals surface area (Å²) in [5.41, 5.74) is 1.98. The van der Waals surface area contributed by atoms with Gasteiger partial charge in [-0.05, 0) is 30.9 Å². The number of thioether (sulfide) groups is 1. The van der Waals surface area contributed by atoms with Crippen molar-refractivity contribution in [3.05, 3.63) is 64.3 Å². The minimum absolute atomic E-state index is 0.268. The third-order valence-corrected chi connectivity index (χ3v) is 4.67. The first kappa shape index (κ1) is 17.6. The number of halogens is 1. The molecule has 0 saturated carbocycles. The molecule has 0 atom stereocenters. The van der Waals surface area contributed by atoms with E-state index in [1.54, 1.807) is 35.8 Å². The molecule has 1 aromatic carbocycles. The molecule has 3 aromatic rings. The standard InChI is InChI=1S/C17H17ClN4O2S/c1-11-15(10-22-9-13(18)8-20-22)16(21-24-11)17(23)19-7-12-3-5-14(25-2)6-4-12/h3-6,8-9H,7,10H2,1-2H3,(H,19,23). The quantitative estimate of drug-likeness (QED) is 0.666. The molecule has 0 radical (unpaired) electrons. The van der Waals surface area contributed by atoms with Gasteiger partial charge in [0, 0.05) is 23.2 Å². The number of nitrogens with one attached hydrogen (secondary N) is 1. The Hall–Kier alpha value is -2.25. The molecule has 0 aliphatic heterocycles. The van der Waals surface area contributed by atoms with Gasteiger partial charge in [0.2, 0.25) is 0 Å². The van der Waals surface area contributed by atoms with Gasteiger partial charge >= 0.3 is 0 Å². The lowest BCUT2D eigenvalue weighted by Gasteiger charge is -2.06. The number of carbonyl (C=O) groups excluding carboxylic acids is 1. The minimum atomic E-state index is -0.279. The van der Waals surface area contributed by atoms with Crippen molar-refractivity contribution >= 4 is 29.3 Å². The van der Waals surface area contributed by atoms with Gasteiger partial charge in [0.15, 0.2) is 5.69 Å². The van der Waals surface area contributed by atoms with Gasteiger partial charge in [-0.25, -0.2) is 0 Å². The fourth-order valence-electron chi connectivity index (χ4n) is 2.35. The number of carbonyl (C=O) groups is 1. The average Bonchev–Trinajstić information content (AvgIpc) is 3.20. The van der Waals surface area contributed by atoms with E-state index in [0.717, 1.165) is 5.56 Å². The summed E-state index contributed by atoms with van der Waals surface area (Å²) in [6.07, 6.45) is 5.25. The van der Waals surface area contributed by atoms with Crippen molar-refractivity contribution in [2.24, 2.45) is 0 Å². The van der Waals surface area contributed by atoms with Crippen LogP contribution < -0.4 is 5.32 Å². The highest BCUT2D eigenvalue weighted by atomic mass is 35.5. The third kappa shape index (κ3) is 4.24. The van der Waals surface area contributed by atoms with Crippen molar-refractivity contribution in [3.63, 3.8) is 0 Å². The van der Waals surface area contributed by atoms with Crippen LogP contribution in [0.1, 0.15) is 27.4 Å². The number of hydrogen-bond donors (Lipinski definition) is 1. The van der Waals surface area contributed by atoms with E-state index < -0.39 is 0 Å². The lowest BCUT2D eigenvalue weighted by atomic mass is 10.1. The molecule has 8 heteroatoms. The highest BCUT2D eigenvalue weighted by Crippen LogP contribution is 2.17. The van der Waals surface area contributed by atoms with Gasteiger partial charge < -0.3 is 9.84 Å². The predicted molar refractivity (Wildman–Crippen MR) is 97.0 cm³/mol. The van der Waals surface area contributed by atoms with Gasteiger partial charge in [0.1, 0.15) is 5.76 Å². The van der Waals surface area contributed by atoms with E-state index >= 15 is 0 Å². The topological polar surface area (TPSA) is 73.0 Å². The third-order valence-electron chi connectivity index (χ3n) is 3.73. The van der Waals surface area contributed by atoms with Crippen molar-refractivity contribution in [1.82, 2.24) is 20.3 Å². The summed E-state index contributed by atoms with van der Waals surface area (Å²) < 4.78 is 6.83. The van der Waals surface area contributed by atoms with Crippen LogP contribution in [0.4, 0.5) is 0 Å². The Balaban J connectivity index is 1.69. The van der Waals surface area contributed by atoms with E-state index in [0.29, 0.717) is 29.4 Å². The van der Waals surface area contributed by atoms with E-state index in [1.807, 2.05) is 30.5 Å². The van der Waals surface area contributed by atoms with Gasteiger partial charge in [0.05, 0.1) is 17.8 Å². The Morgan fingerprint density at radius 2 is 2.12 bits per heavy atom. The number of benzene rings is 1. The second-order valence-electron chi connectivity index (χ2n) is 5.45. The van der Waals surface area contributed by atoms with E-state index in [-0.39, 0.29) is 11.6 Å². The second-order valence-corrected chi connectivity index (χ2v) is 6.77. The lowest BCUT2D eigenvalue weighted by molar-refractivity contribution is 0.0941. The molecule has 0 spiro atoms. The molecular formula is C17H17ClN4O2S. The summed E-state index contributed by atoms with van der Waals surface area (Å²) in [7, 11) is 0. The molecule has 6 nitrogen and oxygen atoms in total. The summed E-state index contributed by atoms with van der Waals surface area (Å²) in [5.74, 6) is 0.306. The molecule has 25 heavy (non-hydrogen) atoms. The van der Waals surface area contributed by atoms with Crippen molar-refractivity contribution in [1.29, 1.82) is 0 Å². The molecule has 3 rings (SSSR count). The number of nitrogens with zero attached hydrogens (tertiary/aromatic N) is 3. The molecule has 1 amide bonds. The second kappa shape index (κ2) is 7.76. The fourth-order valence-corrected chi connectivity index (χ4v) is 2.92. The Morgan fingerprint density at radius 1 is 1.36 bits per heavy atom. The van der Waals surface area contributed by atoms with Crippen LogP contribution in [0.15, 0.2) is 46.1 Å². The van der Waals surface area contributed by atoms with Crippen LogP contribution in [0, 0.1) is 6.92 Å². The van der Waals surface area contributed by atoms with Gasteiger partial charge in [-0.1, -0.05) is 28.9 Å². The van der Waals surface area contributed by atoms with Crippen LogP contribution >= 0.6 is 23.4 Å². The first-order valence-electron chi connectivity index (χ1n) is 7.61. The number of aromatic nitrogens is 3. The van der Waals surface area contributed by atoms with Gasteiger partial charge in [0.25, 0.3) is 5.91 Å². The SMILES string of the molecule is CSc1ccc(CNC(=O)c2noc(C)c2Cn2cc(Cl)cn2)cc1. The smallest absolute Gasteiger partial charge is 0.274 e. The molecule has 130 valence electrons. The highest BCUT2D eigenvalue weighted by molar-refractivity contribution is 7.98. The molecule has 2 aromatic heterocycles. The molecule has 2 heterocycles. The minimum Gasteiger partial charge on any atom is -0.361 e. The maximum Gasteiger partial charge on any atom is 0.274 e. The number of rotatable bonds is 6. The van der Waals surface area contributed by atoms with Gasteiger partial charge in [-0.3, -0.25) is 9.48 Å². The Bertz CT molecular complexity index is 873. The highest BCUT2D eigenvalue weighted by Gasteiger charge is 2.20. The summed E-state index contributed by atoms with van der Waals surface area (Å²) in [4.78, 5) is 13.7. The van der Waals surface area contributed by atoms with Crippen LogP contribution in [0.2, 0.25) is 5.02 Å². The summed E-state index contributed by atoms with van der Waals surface area (Å²) in [6, 6.07) is 8.04. The van der Waals surface area contributed by atoms with Crippen LogP contribution in [-0.2, 0) is 13.1 Å². The summed E-state index contributed by atoms with van der Waals surface area (Å²) in [6.45, 7) is 2.56. The van der Waals surface area contributed by atoms with Crippen molar-refractivity contribution < 1.29 is 9.32 Å². The first-order chi connectivity index (χ1) is 12.1. The average molecular weight is 377 g/mol. The molecule has 0 aliphatic rings. The summed E-state index contributed by atoms with van der Waals surface area (Å²) >= 11 is 7.56. The van der Waals surface area contributed by atoms with Crippen LogP contribution in [0.25, 0.3) is 0 Å². The van der Waals surface area contributed by atoms with Crippen LogP contribution in [0.5, 0.6) is 0 Å². The normalized spacial score (nSPS) is 10.8. The zero-order valence-electron chi connectivity index (χ0n) is 13.8. The monoisotopic (exact) mass is 376 g/mol. The van der Waals surface area contributed by atoms with Gasteiger partial charge in [-0.2, -0.15) is 5.10 Å².